The van der Waals surface area contributed by atoms with Crippen molar-refractivity contribution < 1.29 is 22.7 Å². The van der Waals surface area contributed by atoms with Crippen molar-refractivity contribution in [1.29, 1.82) is 5.26 Å². The van der Waals surface area contributed by atoms with E-state index in [1.165, 1.54) is 30.3 Å². The first kappa shape index (κ1) is 15.4. The van der Waals surface area contributed by atoms with Crippen LogP contribution in [0.15, 0.2) is 42.5 Å². The van der Waals surface area contributed by atoms with Gasteiger partial charge in [0.25, 0.3) is 5.91 Å². The number of halogens is 3. The van der Waals surface area contributed by atoms with Crippen molar-refractivity contribution in [3.05, 3.63) is 59.4 Å². The highest BCUT2D eigenvalue weighted by Crippen LogP contribution is 2.26. The third kappa shape index (κ3) is 3.55. The molecular formula is C15H9F3N2O2. The summed E-state index contributed by atoms with van der Waals surface area (Å²) in [5, 5.41) is 10.9. The van der Waals surface area contributed by atoms with Gasteiger partial charge in [0.1, 0.15) is 11.6 Å². The predicted octanol–water partition coefficient (Wildman–Crippen LogP) is 3.55. The Morgan fingerprint density at radius 2 is 1.95 bits per heavy atom. The quantitative estimate of drug-likeness (QED) is 0.939. The maximum Gasteiger partial charge on any atom is 0.387 e. The Balaban J connectivity index is 2.24. The van der Waals surface area contributed by atoms with Gasteiger partial charge in [-0.2, -0.15) is 14.0 Å². The van der Waals surface area contributed by atoms with Crippen LogP contribution in [0.3, 0.4) is 0 Å². The zero-order chi connectivity index (χ0) is 16.1. The fourth-order valence-electron chi connectivity index (χ4n) is 1.73. The van der Waals surface area contributed by atoms with Crippen LogP contribution in [0.2, 0.25) is 0 Å². The highest BCUT2D eigenvalue weighted by Gasteiger charge is 2.15. The molecule has 112 valence electrons. The second kappa shape index (κ2) is 6.63. The molecule has 0 saturated carbocycles. The van der Waals surface area contributed by atoms with Crippen molar-refractivity contribution >= 4 is 11.6 Å². The van der Waals surface area contributed by atoms with Crippen molar-refractivity contribution in [2.24, 2.45) is 0 Å². The Morgan fingerprint density at radius 1 is 1.23 bits per heavy atom. The number of nitriles is 1. The van der Waals surface area contributed by atoms with Gasteiger partial charge >= 0.3 is 6.61 Å². The number of nitrogens with zero attached hydrogens (tertiary/aromatic N) is 1. The molecule has 1 N–H and O–H groups in total. The monoisotopic (exact) mass is 306 g/mol. The summed E-state index contributed by atoms with van der Waals surface area (Å²) in [6, 6.07) is 10.6. The summed E-state index contributed by atoms with van der Waals surface area (Å²) in [4.78, 5) is 12.0. The molecule has 2 aromatic carbocycles. The SMILES string of the molecule is N#Cc1ccc(C(=O)Nc2ccccc2OC(F)F)c(F)c1. The fourth-order valence-corrected chi connectivity index (χ4v) is 1.73. The van der Waals surface area contributed by atoms with Crippen LogP contribution >= 0.6 is 0 Å². The number of rotatable bonds is 4. The van der Waals surface area contributed by atoms with Crippen molar-refractivity contribution in [2.75, 3.05) is 5.32 Å². The molecule has 4 nitrogen and oxygen atoms in total. The summed E-state index contributed by atoms with van der Waals surface area (Å²) < 4.78 is 42.6. The van der Waals surface area contributed by atoms with Crippen LogP contribution in [-0.2, 0) is 0 Å². The first-order valence-electron chi connectivity index (χ1n) is 6.06. The Hall–Kier alpha value is -3.01. The largest absolute Gasteiger partial charge is 0.433 e. The van der Waals surface area contributed by atoms with E-state index in [1.54, 1.807) is 6.07 Å². The van der Waals surface area contributed by atoms with E-state index in [2.05, 4.69) is 10.1 Å². The molecule has 0 heterocycles. The van der Waals surface area contributed by atoms with Gasteiger partial charge in [0.15, 0.2) is 0 Å². The molecule has 0 spiro atoms. The number of amides is 1. The van der Waals surface area contributed by atoms with Crippen LogP contribution in [0.25, 0.3) is 0 Å². The molecule has 22 heavy (non-hydrogen) atoms. The van der Waals surface area contributed by atoms with Crippen molar-refractivity contribution in [3.8, 4) is 11.8 Å². The van der Waals surface area contributed by atoms with Gasteiger partial charge in [-0.25, -0.2) is 4.39 Å². The van der Waals surface area contributed by atoms with Crippen molar-refractivity contribution in [3.63, 3.8) is 0 Å². The first-order chi connectivity index (χ1) is 10.5. The maximum atomic E-state index is 13.7. The molecule has 1 amide bonds. The topological polar surface area (TPSA) is 62.1 Å². The molecule has 0 bridgehead atoms. The lowest BCUT2D eigenvalue weighted by Gasteiger charge is -2.12. The first-order valence-corrected chi connectivity index (χ1v) is 6.06. The molecule has 2 aromatic rings. The molecule has 0 aliphatic heterocycles. The van der Waals surface area contributed by atoms with Gasteiger partial charge in [0, 0.05) is 0 Å². The standard InChI is InChI=1S/C15H9F3N2O2/c16-11-7-9(8-19)5-6-10(11)14(21)20-12-3-1-2-4-13(12)22-15(17)18/h1-7,15H,(H,20,21). The third-order valence-electron chi connectivity index (χ3n) is 2.69. The van der Waals surface area contributed by atoms with Crippen LogP contribution < -0.4 is 10.1 Å². The molecule has 0 aliphatic rings. The zero-order valence-corrected chi connectivity index (χ0v) is 11.0. The number of anilines is 1. The molecule has 0 radical (unpaired) electrons. The van der Waals surface area contributed by atoms with Gasteiger partial charge in [-0.1, -0.05) is 12.1 Å². The number of carbonyl (C=O) groups excluding carboxylic acids is 1. The van der Waals surface area contributed by atoms with Gasteiger partial charge < -0.3 is 10.1 Å². The van der Waals surface area contributed by atoms with Crippen LogP contribution in [0.4, 0.5) is 18.9 Å². The van der Waals surface area contributed by atoms with Gasteiger partial charge in [0.05, 0.1) is 22.9 Å². The summed E-state index contributed by atoms with van der Waals surface area (Å²) in [7, 11) is 0. The molecule has 0 fully saturated rings. The van der Waals surface area contributed by atoms with E-state index in [9.17, 15) is 18.0 Å². The summed E-state index contributed by atoms with van der Waals surface area (Å²) in [6.07, 6.45) is 0. The van der Waals surface area contributed by atoms with Gasteiger partial charge in [-0.3, -0.25) is 4.79 Å². The summed E-state index contributed by atoms with van der Waals surface area (Å²) in [5.74, 6) is -1.96. The van der Waals surface area contributed by atoms with Gasteiger partial charge in [-0.05, 0) is 30.3 Å². The molecule has 0 aliphatic carbocycles. The minimum Gasteiger partial charge on any atom is -0.433 e. The minimum atomic E-state index is -3.05. The predicted molar refractivity (Wildman–Crippen MR) is 72.1 cm³/mol. The molecule has 2 rings (SSSR count). The fraction of sp³-hybridized carbons (Fsp3) is 0.0667. The number of benzene rings is 2. The number of para-hydroxylation sites is 2. The Morgan fingerprint density at radius 3 is 2.59 bits per heavy atom. The summed E-state index contributed by atoms with van der Waals surface area (Å²) in [5.41, 5.74) is -0.266. The molecule has 0 unspecified atom stereocenters. The Bertz CT molecular complexity index is 742. The Kier molecular flexibility index (Phi) is 4.63. The van der Waals surface area contributed by atoms with E-state index in [0.717, 1.165) is 12.1 Å². The zero-order valence-electron chi connectivity index (χ0n) is 11.0. The molecular weight excluding hydrogens is 297 g/mol. The highest BCUT2D eigenvalue weighted by atomic mass is 19.3. The van der Waals surface area contributed by atoms with Crippen molar-refractivity contribution in [1.82, 2.24) is 0 Å². The van der Waals surface area contributed by atoms with Crippen molar-refractivity contribution in [2.45, 2.75) is 6.61 Å². The normalized spacial score (nSPS) is 10.1. The van der Waals surface area contributed by atoms with E-state index in [-0.39, 0.29) is 22.6 Å². The smallest absolute Gasteiger partial charge is 0.387 e. The number of ether oxygens (including phenoxy) is 1. The summed E-state index contributed by atoms with van der Waals surface area (Å²) >= 11 is 0. The van der Waals surface area contributed by atoms with Crippen LogP contribution in [0, 0.1) is 17.1 Å². The summed E-state index contributed by atoms with van der Waals surface area (Å²) in [6.45, 7) is -3.05. The van der Waals surface area contributed by atoms with E-state index in [0.29, 0.717) is 0 Å². The van der Waals surface area contributed by atoms with Gasteiger partial charge in [-0.15, -0.1) is 0 Å². The molecule has 0 saturated heterocycles. The number of hydrogen-bond acceptors (Lipinski definition) is 3. The number of hydrogen-bond donors (Lipinski definition) is 1. The third-order valence-corrected chi connectivity index (χ3v) is 2.69. The van der Waals surface area contributed by atoms with Gasteiger partial charge in [0.2, 0.25) is 0 Å². The second-order valence-corrected chi connectivity index (χ2v) is 4.14. The second-order valence-electron chi connectivity index (χ2n) is 4.14. The molecule has 0 aromatic heterocycles. The van der Waals surface area contributed by atoms with E-state index < -0.39 is 18.3 Å². The van der Waals surface area contributed by atoms with E-state index >= 15 is 0 Å². The highest BCUT2D eigenvalue weighted by molar-refractivity contribution is 6.05. The van der Waals surface area contributed by atoms with Crippen LogP contribution in [0.1, 0.15) is 15.9 Å². The van der Waals surface area contributed by atoms with E-state index in [1.807, 2.05) is 0 Å². The number of carbonyl (C=O) groups is 1. The minimum absolute atomic E-state index is 0.0171. The number of nitrogens with one attached hydrogen (secondary N) is 1. The average Bonchev–Trinajstić information content (AvgIpc) is 2.48. The Labute approximate surface area is 123 Å². The van der Waals surface area contributed by atoms with E-state index in [4.69, 9.17) is 5.26 Å². The van der Waals surface area contributed by atoms with Crippen LogP contribution in [-0.4, -0.2) is 12.5 Å². The number of alkyl halides is 2. The maximum absolute atomic E-state index is 13.7. The lowest BCUT2D eigenvalue weighted by atomic mass is 10.1. The molecule has 7 heteroatoms. The lowest BCUT2D eigenvalue weighted by Crippen LogP contribution is -2.15. The lowest BCUT2D eigenvalue weighted by molar-refractivity contribution is -0.0493. The van der Waals surface area contributed by atoms with Crippen LogP contribution in [0.5, 0.6) is 5.75 Å². The average molecular weight is 306 g/mol. The molecule has 0 atom stereocenters.